The molecule has 0 bridgehead atoms. The standard InChI is InChI=1S/C22H20ClN3O3S/c1-14-4-10-18(30-25(2)3)13-20(14)19-11-9-17(12-21(19)26(28)29)24-22(27)15-5-7-16(23)8-6-15/h4-13H,1-3H3,(H,24,27). The van der Waals surface area contributed by atoms with Crippen molar-refractivity contribution in [3.63, 3.8) is 0 Å². The molecule has 0 unspecified atom stereocenters. The SMILES string of the molecule is Cc1ccc(SN(C)C)cc1-c1ccc(NC(=O)c2ccc(Cl)cc2)cc1[N+](=O)[O-]. The Labute approximate surface area is 184 Å². The molecule has 154 valence electrons. The summed E-state index contributed by atoms with van der Waals surface area (Å²) in [5.41, 5.74) is 2.91. The number of amides is 1. The van der Waals surface area contributed by atoms with E-state index in [-0.39, 0.29) is 11.6 Å². The molecule has 1 N–H and O–H groups in total. The Bertz CT molecular complexity index is 1100. The van der Waals surface area contributed by atoms with Crippen molar-refractivity contribution in [3.05, 3.63) is 86.9 Å². The van der Waals surface area contributed by atoms with Crippen molar-refractivity contribution in [1.82, 2.24) is 4.31 Å². The normalized spacial score (nSPS) is 10.8. The second-order valence-electron chi connectivity index (χ2n) is 6.83. The molecule has 0 saturated carbocycles. The van der Waals surface area contributed by atoms with Gasteiger partial charge in [0.05, 0.1) is 10.5 Å². The lowest BCUT2D eigenvalue weighted by molar-refractivity contribution is -0.384. The number of aryl methyl sites for hydroxylation is 1. The van der Waals surface area contributed by atoms with E-state index in [9.17, 15) is 14.9 Å². The maximum Gasteiger partial charge on any atom is 0.279 e. The first kappa shape index (κ1) is 21.8. The summed E-state index contributed by atoms with van der Waals surface area (Å²) in [7, 11) is 3.87. The van der Waals surface area contributed by atoms with Gasteiger partial charge in [0.2, 0.25) is 0 Å². The van der Waals surface area contributed by atoms with E-state index in [4.69, 9.17) is 11.6 Å². The molecule has 0 heterocycles. The van der Waals surface area contributed by atoms with Gasteiger partial charge in [-0.05, 0) is 92.6 Å². The van der Waals surface area contributed by atoms with Gasteiger partial charge in [-0.15, -0.1) is 0 Å². The fourth-order valence-electron chi connectivity index (χ4n) is 2.95. The molecule has 0 fully saturated rings. The van der Waals surface area contributed by atoms with Crippen LogP contribution in [-0.4, -0.2) is 29.2 Å². The van der Waals surface area contributed by atoms with Crippen LogP contribution in [0.4, 0.5) is 11.4 Å². The van der Waals surface area contributed by atoms with Crippen molar-refractivity contribution >= 4 is 40.8 Å². The van der Waals surface area contributed by atoms with E-state index < -0.39 is 4.92 Å². The van der Waals surface area contributed by atoms with Crippen LogP contribution in [0.1, 0.15) is 15.9 Å². The quantitative estimate of drug-likeness (QED) is 0.286. The first-order chi connectivity index (χ1) is 14.2. The third kappa shape index (κ3) is 5.18. The van der Waals surface area contributed by atoms with Crippen LogP contribution in [0.3, 0.4) is 0 Å². The Kier molecular flexibility index (Phi) is 6.77. The lowest BCUT2D eigenvalue weighted by Gasteiger charge is -2.13. The fourth-order valence-corrected chi connectivity index (χ4v) is 3.80. The van der Waals surface area contributed by atoms with Gasteiger partial charge in [0.15, 0.2) is 0 Å². The zero-order valence-electron chi connectivity index (χ0n) is 16.7. The molecule has 3 rings (SSSR count). The smallest absolute Gasteiger partial charge is 0.279 e. The van der Waals surface area contributed by atoms with Crippen LogP contribution in [0.25, 0.3) is 11.1 Å². The van der Waals surface area contributed by atoms with E-state index in [1.165, 1.54) is 18.0 Å². The number of hydrogen-bond acceptors (Lipinski definition) is 5. The molecule has 0 atom stereocenters. The number of halogens is 1. The molecule has 3 aromatic carbocycles. The van der Waals surface area contributed by atoms with Crippen molar-refractivity contribution < 1.29 is 9.72 Å². The van der Waals surface area contributed by atoms with Gasteiger partial charge in [0, 0.05) is 27.2 Å². The molecule has 0 aromatic heterocycles. The molecule has 8 heteroatoms. The minimum Gasteiger partial charge on any atom is -0.322 e. The largest absolute Gasteiger partial charge is 0.322 e. The van der Waals surface area contributed by atoms with Crippen LogP contribution >= 0.6 is 23.5 Å². The summed E-state index contributed by atoms with van der Waals surface area (Å²) in [6, 6.07) is 17.0. The Morgan fingerprint density at radius 2 is 1.73 bits per heavy atom. The fraction of sp³-hybridized carbons (Fsp3) is 0.136. The number of nitrogens with zero attached hydrogens (tertiary/aromatic N) is 2. The van der Waals surface area contributed by atoms with Gasteiger partial charge < -0.3 is 5.32 Å². The molecule has 0 aliphatic carbocycles. The summed E-state index contributed by atoms with van der Waals surface area (Å²) < 4.78 is 1.96. The summed E-state index contributed by atoms with van der Waals surface area (Å²) in [4.78, 5) is 24.8. The number of nitro groups is 1. The molecule has 0 aliphatic rings. The summed E-state index contributed by atoms with van der Waals surface area (Å²) in [6.07, 6.45) is 0. The Morgan fingerprint density at radius 3 is 2.37 bits per heavy atom. The van der Waals surface area contributed by atoms with E-state index in [0.717, 1.165) is 16.0 Å². The second-order valence-corrected chi connectivity index (χ2v) is 8.65. The number of rotatable bonds is 6. The second kappa shape index (κ2) is 9.30. The van der Waals surface area contributed by atoms with Crippen LogP contribution in [0.2, 0.25) is 5.02 Å². The predicted octanol–water partition coefficient (Wildman–Crippen LogP) is 6.04. The highest BCUT2D eigenvalue weighted by atomic mass is 35.5. The van der Waals surface area contributed by atoms with Crippen molar-refractivity contribution in [2.75, 3.05) is 19.4 Å². The van der Waals surface area contributed by atoms with Crippen LogP contribution in [-0.2, 0) is 0 Å². The molecular formula is C22H20ClN3O3S. The van der Waals surface area contributed by atoms with Crippen molar-refractivity contribution in [1.29, 1.82) is 0 Å². The maximum atomic E-state index is 12.4. The monoisotopic (exact) mass is 441 g/mol. The zero-order valence-corrected chi connectivity index (χ0v) is 18.3. The third-order valence-electron chi connectivity index (χ3n) is 4.35. The summed E-state index contributed by atoms with van der Waals surface area (Å²) in [5.74, 6) is -0.366. The maximum absolute atomic E-state index is 12.4. The van der Waals surface area contributed by atoms with E-state index >= 15 is 0 Å². The van der Waals surface area contributed by atoms with Crippen LogP contribution in [0.15, 0.2) is 65.6 Å². The number of carbonyl (C=O) groups excluding carboxylic acids is 1. The minimum absolute atomic E-state index is 0.0704. The van der Waals surface area contributed by atoms with Gasteiger partial charge in [-0.3, -0.25) is 19.2 Å². The summed E-state index contributed by atoms with van der Waals surface area (Å²) >= 11 is 7.39. The molecule has 0 radical (unpaired) electrons. The first-order valence-electron chi connectivity index (χ1n) is 9.06. The molecule has 0 aliphatic heterocycles. The van der Waals surface area contributed by atoms with Crippen molar-refractivity contribution in [3.8, 4) is 11.1 Å². The van der Waals surface area contributed by atoms with E-state index in [2.05, 4.69) is 5.32 Å². The molecule has 30 heavy (non-hydrogen) atoms. The molecule has 1 amide bonds. The van der Waals surface area contributed by atoms with E-state index in [1.807, 2.05) is 43.5 Å². The highest BCUT2D eigenvalue weighted by Crippen LogP contribution is 2.36. The topological polar surface area (TPSA) is 75.5 Å². The van der Waals surface area contributed by atoms with Gasteiger partial charge in [0.1, 0.15) is 0 Å². The average Bonchev–Trinajstić information content (AvgIpc) is 2.69. The molecule has 0 saturated heterocycles. The lowest BCUT2D eigenvalue weighted by Crippen LogP contribution is -2.12. The molecule has 0 spiro atoms. The lowest BCUT2D eigenvalue weighted by atomic mass is 9.98. The van der Waals surface area contributed by atoms with Crippen LogP contribution in [0.5, 0.6) is 0 Å². The Balaban J connectivity index is 1.95. The first-order valence-corrected chi connectivity index (χ1v) is 10.2. The number of carbonyl (C=O) groups is 1. The third-order valence-corrected chi connectivity index (χ3v) is 5.43. The van der Waals surface area contributed by atoms with Crippen LogP contribution < -0.4 is 5.32 Å². The predicted molar refractivity (Wildman–Crippen MR) is 122 cm³/mol. The number of hydrogen-bond donors (Lipinski definition) is 1. The van der Waals surface area contributed by atoms with Gasteiger partial charge in [-0.25, -0.2) is 0 Å². The van der Waals surface area contributed by atoms with E-state index in [1.54, 1.807) is 36.4 Å². The summed E-state index contributed by atoms with van der Waals surface area (Å²) in [6.45, 7) is 1.92. The molecule has 3 aromatic rings. The Hall–Kier alpha value is -2.87. The van der Waals surface area contributed by atoms with Gasteiger partial charge in [-0.2, -0.15) is 0 Å². The molecular weight excluding hydrogens is 422 g/mol. The number of benzene rings is 3. The molecule has 6 nitrogen and oxygen atoms in total. The number of nitro benzene ring substituents is 1. The Morgan fingerprint density at radius 1 is 1.03 bits per heavy atom. The highest BCUT2D eigenvalue weighted by molar-refractivity contribution is 7.97. The number of nitrogens with one attached hydrogen (secondary N) is 1. The van der Waals surface area contributed by atoms with Gasteiger partial charge >= 0.3 is 0 Å². The average molecular weight is 442 g/mol. The van der Waals surface area contributed by atoms with Crippen molar-refractivity contribution in [2.45, 2.75) is 11.8 Å². The number of anilines is 1. The van der Waals surface area contributed by atoms with Crippen molar-refractivity contribution in [2.24, 2.45) is 0 Å². The minimum atomic E-state index is -0.432. The van der Waals surface area contributed by atoms with Gasteiger partial charge in [0.25, 0.3) is 11.6 Å². The zero-order chi connectivity index (χ0) is 21.8. The van der Waals surface area contributed by atoms with E-state index in [0.29, 0.717) is 21.8 Å². The highest BCUT2D eigenvalue weighted by Gasteiger charge is 2.19. The van der Waals surface area contributed by atoms with Crippen LogP contribution in [0, 0.1) is 17.0 Å². The summed E-state index contributed by atoms with van der Waals surface area (Å²) in [5, 5.41) is 15.0. The van der Waals surface area contributed by atoms with Gasteiger partial charge in [-0.1, -0.05) is 17.7 Å².